The second-order valence-corrected chi connectivity index (χ2v) is 12.1. The third-order valence-corrected chi connectivity index (χ3v) is 10.2. The normalized spacial score (nSPS) is 29.7. The molecule has 4 nitrogen and oxygen atoms in total. The maximum Gasteiger partial charge on any atom is 0.253 e. The van der Waals surface area contributed by atoms with E-state index in [1.165, 1.54) is 32.1 Å². The van der Waals surface area contributed by atoms with Crippen LogP contribution < -0.4 is 5.32 Å². The summed E-state index contributed by atoms with van der Waals surface area (Å²) in [4.78, 5) is 29.3. The lowest BCUT2D eigenvalue weighted by molar-refractivity contribution is -0.143. The van der Waals surface area contributed by atoms with E-state index in [0.29, 0.717) is 35.5 Å². The molecule has 40 heavy (non-hydrogen) atoms. The summed E-state index contributed by atoms with van der Waals surface area (Å²) in [6.45, 7) is 1.36. The summed E-state index contributed by atoms with van der Waals surface area (Å²) >= 11 is 0. The smallest absolute Gasteiger partial charge is 0.253 e. The minimum Gasteiger partial charge on any atom is -0.349 e. The maximum absolute atomic E-state index is 13.8. The molecular weight excluding hydrogens is 492 g/mol. The summed E-state index contributed by atoms with van der Waals surface area (Å²) in [5.41, 5.74) is 1.93. The summed E-state index contributed by atoms with van der Waals surface area (Å²) in [5, 5.41) is 3.44. The first-order valence-corrected chi connectivity index (χ1v) is 15.0. The van der Waals surface area contributed by atoms with Gasteiger partial charge in [-0.05, 0) is 91.9 Å². The predicted octanol–water partition coefficient (Wildman–Crippen LogP) is 7.02. The topological polar surface area (TPSA) is 49.4 Å². The monoisotopic (exact) mass is 532 g/mol. The molecule has 6 rings (SSSR count). The van der Waals surface area contributed by atoms with Crippen LogP contribution in [0.25, 0.3) is 0 Å². The highest BCUT2D eigenvalue weighted by Gasteiger charge is 2.66. The number of carbonyl (C=O) groups excluding carboxylic acids is 2. The molecule has 1 saturated heterocycles. The molecule has 2 aromatic rings. The van der Waals surface area contributed by atoms with Crippen molar-refractivity contribution in [1.82, 2.24) is 10.2 Å². The van der Waals surface area contributed by atoms with E-state index in [-0.39, 0.29) is 23.8 Å². The lowest BCUT2D eigenvalue weighted by Gasteiger charge is -2.64. The number of likely N-dealkylation sites (tertiary alicyclic amines) is 1. The van der Waals surface area contributed by atoms with Gasteiger partial charge in [0.25, 0.3) is 11.8 Å². The minimum atomic E-state index is -0.0291. The SMILES string of the molecule is O=C(NC1CCN(C(=O)c2ccccccccc2)CC1C1CC23CCC2CCC13)c1ccccccccc1. The Morgan fingerprint density at radius 2 is 1.25 bits per heavy atom. The highest BCUT2D eigenvalue weighted by molar-refractivity contribution is 5.95. The van der Waals surface area contributed by atoms with Gasteiger partial charge in [-0.2, -0.15) is 0 Å². The Morgan fingerprint density at radius 1 is 0.675 bits per heavy atom. The van der Waals surface area contributed by atoms with Gasteiger partial charge in [-0.1, -0.05) is 84.9 Å². The lowest BCUT2D eigenvalue weighted by atomic mass is 9.42. The van der Waals surface area contributed by atoms with Crippen molar-refractivity contribution in [2.45, 2.75) is 44.6 Å². The van der Waals surface area contributed by atoms with Crippen LogP contribution in [0.4, 0.5) is 0 Å². The fourth-order valence-electron chi connectivity index (χ4n) is 8.14. The number of nitrogens with zero attached hydrogens (tertiary/aromatic N) is 1. The third-order valence-electron chi connectivity index (χ3n) is 10.2. The Hall–Kier alpha value is -3.66. The Morgan fingerprint density at radius 3 is 1.82 bits per heavy atom. The number of carbonyl (C=O) groups is 2. The van der Waals surface area contributed by atoms with Gasteiger partial charge < -0.3 is 10.2 Å². The van der Waals surface area contributed by atoms with Crippen molar-refractivity contribution in [1.29, 1.82) is 0 Å². The fraction of sp³-hybridized carbons (Fsp3) is 0.389. The third kappa shape index (κ3) is 5.24. The summed E-state index contributed by atoms with van der Waals surface area (Å²) in [7, 11) is 0. The highest BCUT2D eigenvalue weighted by Crippen LogP contribution is 2.74. The van der Waals surface area contributed by atoms with Crippen LogP contribution in [0.3, 0.4) is 0 Å². The van der Waals surface area contributed by atoms with Gasteiger partial charge in [0.1, 0.15) is 0 Å². The molecular formula is C36H40N2O2. The molecule has 206 valence electrons. The second kappa shape index (κ2) is 11.8. The van der Waals surface area contributed by atoms with E-state index in [0.717, 1.165) is 18.3 Å². The number of hydrogen-bond acceptors (Lipinski definition) is 2. The largest absolute Gasteiger partial charge is 0.349 e. The second-order valence-electron chi connectivity index (χ2n) is 12.1. The van der Waals surface area contributed by atoms with Crippen molar-refractivity contribution in [3.05, 3.63) is 120 Å². The first-order chi connectivity index (χ1) is 19.7. The van der Waals surface area contributed by atoms with E-state index in [4.69, 9.17) is 0 Å². The van der Waals surface area contributed by atoms with E-state index in [1.807, 2.05) is 114 Å². The van der Waals surface area contributed by atoms with Crippen LogP contribution in [0.1, 0.15) is 59.2 Å². The lowest BCUT2D eigenvalue weighted by Crippen LogP contribution is -2.62. The van der Waals surface area contributed by atoms with Crippen molar-refractivity contribution in [3.8, 4) is 0 Å². The van der Waals surface area contributed by atoms with Crippen LogP contribution in [0, 0.1) is 29.1 Å². The van der Waals surface area contributed by atoms with Crippen LogP contribution in [0.15, 0.2) is 109 Å². The molecule has 4 aliphatic rings. The Kier molecular flexibility index (Phi) is 7.86. The van der Waals surface area contributed by atoms with E-state index in [2.05, 4.69) is 5.32 Å². The molecule has 1 heterocycles. The van der Waals surface area contributed by atoms with Crippen molar-refractivity contribution >= 4 is 11.8 Å². The zero-order chi connectivity index (χ0) is 27.4. The van der Waals surface area contributed by atoms with E-state index in [9.17, 15) is 9.59 Å². The van der Waals surface area contributed by atoms with Gasteiger partial charge in [0.15, 0.2) is 0 Å². The molecule has 2 aromatic carbocycles. The standard InChI is InChI=1S/C36H40N2O2/c39-34(27-15-11-7-3-1-4-8-12-16-27)37-33-22-24-38(35(40)28-17-13-9-5-2-6-10-14-18-28)26-31(33)30-25-36-23-21-29(36)19-20-32(30)36/h1-18,29-33H,19-26H2,(H,37,39). The molecule has 0 bridgehead atoms. The molecule has 6 unspecified atom stereocenters. The Balaban J connectivity index is 1.24. The molecule has 0 aromatic heterocycles. The molecule has 0 radical (unpaired) electrons. The fourth-order valence-corrected chi connectivity index (χ4v) is 8.14. The molecule has 3 saturated carbocycles. The van der Waals surface area contributed by atoms with Crippen LogP contribution in [-0.2, 0) is 0 Å². The zero-order valence-electron chi connectivity index (χ0n) is 23.2. The number of amides is 2. The zero-order valence-corrected chi connectivity index (χ0v) is 23.2. The molecule has 1 aliphatic heterocycles. The number of rotatable bonds is 4. The summed E-state index contributed by atoms with van der Waals surface area (Å²) in [6, 6.07) is 34.9. The van der Waals surface area contributed by atoms with Crippen molar-refractivity contribution in [2.75, 3.05) is 13.1 Å². The Labute approximate surface area is 238 Å². The summed E-state index contributed by atoms with van der Waals surface area (Å²) in [5.74, 6) is 2.58. The minimum absolute atomic E-state index is 0.0291. The predicted molar refractivity (Wildman–Crippen MR) is 159 cm³/mol. The van der Waals surface area contributed by atoms with Gasteiger partial charge in [0.05, 0.1) is 0 Å². The summed E-state index contributed by atoms with van der Waals surface area (Å²) < 4.78 is 0. The summed E-state index contributed by atoms with van der Waals surface area (Å²) in [6.07, 6.45) is 7.51. The number of hydrogen-bond donors (Lipinski definition) is 1. The molecule has 3 aliphatic carbocycles. The van der Waals surface area contributed by atoms with Crippen LogP contribution in [0.5, 0.6) is 0 Å². The molecule has 4 heteroatoms. The van der Waals surface area contributed by atoms with Gasteiger partial charge in [0, 0.05) is 30.3 Å². The van der Waals surface area contributed by atoms with E-state index in [1.54, 1.807) is 0 Å². The van der Waals surface area contributed by atoms with Gasteiger partial charge in [-0.25, -0.2) is 0 Å². The van der Waals surface area contributed by atoms with Crippen LogP contribution >= 0.6 is 0 Å². The van der Waals surface area contributed by atoms with Crippen molar-refractivity contribution < 1.29 is 9.59 Å². The molecule has 6 atom stereocenters. The van der Waals surface area contributed by atoms with Crippen molar-refractivity contribution in [2.24, 2.45) is 29.1 Å². The molecule has 1 spiro atoms. The van der Waals surface area contributed by atoms with Crippen LogP contribution in [0.2, 0.25) is 0 Å². The van der Waals surface area contributed by atoms with E-state index >= 15 is 0 Å². The first kappa shape index (κ1) is 26.6. The van der Waals surface area contributed by atoms with E-state index < -0.39 is 0 Å². The van der Waals surface area contributed by atoms with Gasteiger partial charge in [-0.15, -0.1) is 0 Å². The number of piperidine rings is 1. The van der Waals surface area contributed by atoms with Gasteiger partial charge in [-0.3, -0.25) is 9.59 Å². The molecule has 2 amide bonds. The van der Waals surface area contributed by atoms with Gasteiger partial charge >= 0.3 is 0 Å². The highest BCUT2D eigenvalue weighted by atomic mass is 16.2. The van der Waals surface area contributed by atoms with Crippen LogP contribution in [-0.4, -0.2) is 35.8 Å². The maximum atomic E-state index is 13.8. The van der Waals surface area contributed by atoms with Gasteiger partial charge in [0.2, 0.25) is 0 Å². The van der Waals surface area contributed by atoms with Crippen molar-refractivity contribution in [3.63, 3.8) is 0 Å². The molecule has 4 fully saturated rings. The molecule has 1 N–H and O–H groups in total. The average Bonchev–Trinajstić information content (AvgIpc) is 3.14. The number of nitrogens with one attached hydrogen (secondary N) is 1. The quantitative estimate of drug-likeness (QED) is 0.460. The first-order valence-electron chi connectivity index (χ1n) is 15.0. The average molecular weight is 533 g/mol. The Bertz CT molecular complexity index is 1310.